The van der Waals surface area contributed by atoms with Crippen molar-refractivity contribution in [1.29, 1.82) is 0 Å². The van der Waals surface area contributed by atoms with Gasteiger partial charge in [0.2, 0.25) is 0 Å². The Morgan fingerprint density at radius 2 is 1.81 bits per heavy atom. The molecule has 0 spiro atoms. The number of aromatic hydroxyl groups is 1. The predicted octanol–water partition coefficient (Wildman–Crippen LogP) is 5.00. The summed E-state index contributed by atoms with van der Waals surface area (Å²) in [6, 6.07) is 20.8. The number of hydrogen-bond donors (Lipinski definition) is 3. The summed E-state index contributed by atoms with van der Waals surface area (Å²) in [4.78, 5) is 24.4. The first-order chi connectivity index (χ1) is 17.9. The number of carbonyl (C=O) groups excluding carboxylic acids is 1. The lowest BCUT2D eigenvalue weighted by atomic mass is 10.0. The maximum absolute atomic E-state index is 13.2. The Bertz CT molecular complexity index is 1390. The van der Waals surface area contributed by atoms with Crippen molar-refractivity contribution in [3.05, 3.63) is 96.1 Å². The molecule has 1 atom stereocenters. The number of anilines is 1. The summed E-state index contributed by atoms with van der Waals surface area (Å²) in [6.45, 7) is 4.61. The standard InChI is InChI=1S/C30H31N5O2/c1-20-4-5-24(17-33-20)25-13-21(18-35-12-2-3-26(31)19-35)14-27(15-25)34-30(37)29-16-23(10-11-32-29)22-6-8-28(36)9-7-22/h4-11,13-17,26,36H,2-3,12,18-19,31H2,1H3,(H,34,37). The molecule has 3 heterocycles. The SMILES string of the molecule is Cc1ccc(-c2cc(CN3CCCC(N)C3)cc(NC(=O)c3cc(-c4ccc(O)cc4)ccn3)c2)cn1. The lowest BCUT2D eigenvalue weighted by Gasteiger charge is -2.30. The van der Waals surface area contributed by atoms with Crippen LogP contribution >= 0.6 is 0 Å². The summed E-state index contributed by atoms with van der Waals surface area (Å²) in [5.41, 5.74) is 13.0. The van der Waals surface area contributed by atoms with E-state index in [0.29, 0.717) is 11.4 Å². The minimum absolute atomic E-state index is 0.196. The van der Waals surface area contributed by atoms with E-state index in [2.05, 4.69) is 26.3 Å². The van der Waals surface area contributed by atoms with E-state index in [-0.39, 0.29) is 17.7 Å². The highest BCUT2D eigenvalue weighted by Gasteiger charge is 2.18. The Labute approximate surface area is 217 Å². The molecule has 1 aliphatic heterocycles. The van der Waals surface area contributed by atoms with Crippen LogP contribution in [0.4, 0.5) is 5.69 Å². The summed E-state index contributed by atoms with van der Waals surface area (Å²) < 4.78 is 0. The first-order valence-electron chi connectivity index (χ1n) is 12.5. The number of amides is 1. The molecule has 188 valence electrons. The number of phenols is 1. The van der Waals surface area contributed by atoms with Crippen LogP contribution in [0.1, 0.15) is 34.6 Å². The molecule has 1 unspecified atom stereocenters. The van der Waals surface area contributed by atoms with Gasteiger partial charge in [-0.3, -0.25) is 19.7 Å². The van der Waals surface area contributed by atoms with E-state index in [1.54, 1.807) is 24.4 Å². The Morgan fingerprint density at radius 3 is 2.57 bits per heavy atom. The van der Waals surface area contributed by atoms with E-state index in [1.165, 1.54) is 0 Å². The van der Waals surface area contributed by atoms with E-state index in [1.807, 2.05) is 55.6 Å². The number of likely N-dealkylation sites (tertiary alicyclic amines) is 1. The zero-order chi connectivity index (χ0) is 25.8. The highest BCUT2D eigenvalue weighted by molar-refractivity contribution is 6.03. The number of aromatic nitrogens is 2. The maximum Gasteiger partial charge on any atom is 0.274 e. The Balaban J connectivity index is 1.42. The van der Waals surface area contributed by atoms with Gasteiger partial charge < -0.3 is 16.2 Å². The van der Waals surface area contributed by atoms with Crippen LogP contribution in [0.2, 0.25) is 0 Å². The first-order valence-corrected chi connectivity index (χ1v) is 12.5. The average Bonchev–Trinajstić information content (AvgIpc) is 2.89. The van der Waals surface area contributed by atoms with Gasteiger partial charge in [-0.25, -0.2) is 0 Å². The molecule has 2 aromatic carbocycles. The van der Waals surface area contributed by atoms with Crippen LogP contribution in [-0.4, -0.2) is 45.0 Å². The smallest absolute Gasteiger partial charge is 0.274 e. The van der Waals surface area contributed by atoms with Gasteiger partial charge in [0, 0.05) is 48.5 Å². The van der Waals surface area contributed by atoms with Crippen LogP contribution in [-0.2, 0) is 6.54 Å². The molecule has 1 fully saturated rings. The number of benzene rings is 2. The first kappa shape index (κ1) is 24.6. The summed E-state index contributed by atoms with van der Waals surface area (Å²) in [5, 5.41) is 12.6. The van der Waals surface area contributed by atoms with Crippen LogP contribution in [0.15, 0.2) is 79.1 Å². The molecule has 37 heavy (non-hydrogen) atoms. The van der Waals surface area contributed by atoms with E-state index in [4.69, 9.17) is 5.73 Å². The topological polar surface area (TPSA) is 104 Å². The van der Waals surface area contributed by atoms with E-state index in [0.717, 1.165) is 66.0 Å². The molecule has 0 radical (unpaired) electrons. The number of piperidine rings is 1. The number of aryl methyl sites for hydroxylation is 1. The highest BCUT2D eigenvalue weighted by Crippen LogP contribution is 2.27. The second-order valence-electron chi connectivity index (χ2n) is 9.68. The van der Waals surface area contributed by atoms with Gasteiger partial charge in [0.1, 0.15) is 11.4 Å². The van der Waals surface area contributed by atoms with Crippen LogP contribution in [0.5, 0.6) is 5.75 Å². The van der Waals surface area contributed by atoms with Gasteiger partial charge >= 0.3 is 0 Å². The van der Waals surface area contributed by atoms with Crippen molar-refractivity contribution < 1.29 is 9.90 Å². The molecule has 2 aromatic heterocycles. The predicted molar refractivity (Wildman–Crippen MR) is 146 cm³/mol. The van der Waals surface area contributed by atoms with Gasteiger partial charge in [0.15, 0.2) is 0 Å². The number of phenolic OH excluding ortho intramolecular Hbond substituents is 1. The molecule has 1 aliphatic rings. The number of nitrogens with two attached hydrogens (primary N) is 1. The van der Waals surface area contributed by atoms with Crippen molar-refractivity contribution in [3.63, 3.8) is 0 Å². The average molecular weight is 494 g/mol. The molecule has 5 rings (SSSR count). The molecule has 7 heteroatoms. The number of rotatable bonds is 6. The number of nitrogens with zero attached hydrogens (tertiary/aromatic N) is 3. The van der Waals surface area contributed by atoms with Crippen LogP contribution in [0, 0.1) is 6.92 Å². The minimum atomic E-state index is -0.286. The van der Waals surface area contributed by atoms with Crippen molar-refractivity contribution in [3.8, 4) is 28.0 Å². The van der Waals surface area contributed by atoms with E-state index < -0.39 is 0 Å². The highest BCUT2D eigenvalue weighted by atomic mass is 16.3. The second kappa shape index (κ2) is 10.9. The third-order valence-electron chi connectivity index (χ3n) is 6.64. The fourth-order valence-electron chi connectivity index (χ4n) is 4.74. The summed E-state index contributed by atoms with van der Waals surface area (Å²) >= 11 is 0. The summed E-state index contributed by atoms with van der Waals surface area (Å²) in [5.74, 6) is -0.0903. The van der Waals surface area contributed by atoms with Crippen LogP contribution < -0.4 is 11.1 Å². The molecule has 0 bridgehead atoms. The second-order valence-corrected chi connectivity index (χ2v) is 9.68. The fourth-order valence-corrected chi connectivity index (χ4v) is 4.74. The molecular formula is C30H31N5O2. The quantitative estimate of drug-likeness (QED) is 0.349. The molecule has 0 saturated carbocycles. The van der Waals surface area contributed by atoms with Crippen molar-refractivity contribution in [2.75, 3.05) is 18.4 Å². The van der Waals surface area contributed by atoms with Crippen LogP contribution in [0.3, 0.4) is 0 Å². The van der Waals surface area contributed by atoms with Gasteiger partial charge in [-0.15, -0.1) is 0 Å². The molecule has 1 amide bonds. The number of carbonyl (C=O) groups is 1. The minimum Gasteiger partial charge on any atom is -0.508 e. The summed E-state index contributed by atoms with van der Waals surface area (Å²) in [7, 11) is 0. The zero-order valence-electron chi connectivity index (χ0n) is 20.9. The number of pyridine rings is 2. The Hall–Kier alpha value is -4.07. The monoisotopic (exact) mass is 493 g/mol. The van der Waals surface area contributed by atoms with Gasteiger partial charge in [-0.05, 0) is 97.1 Å². The Morgan fingerprint density at radius 1 is 1.00 bits per heavy atom. The largest absolute Gasteiger partial charge is 0.508 e. The summed E-state index contributed by atoms with van der Waals surface area (Å²) in [6.07, 6.45) is 5.63. The molecule has 0 aliphatic carbocycles. The van der Waals surface area contributed by atoms with Crippen molar-refractivity contribution in [2.45, 2.75) is 32.4 Å². The fraction of sp³-hybridized carbons (Fsp3) is 0.233. The number of hydrogen-bond acceptors (Lipinski definition) is 6. The van der Waals surface area contributed by atoms with E-state index in [9.17, 15) is 9.90 Å². The maximum atomic E-state index is 13.2. The lowest BCUT2D eigenvalue weighted by molar-refractivity contribution is 0.102. The van der Waals surface area contributed by atoms with Gasteiger partial charge in [0.05, 0.1) is 0 Å². The zero-order valence-corrected chi connectivity index (χ0v) is 20.9. The van der Waals surface area contributed by atoms with Gasteiger partial charge in [-0.2, -0.15) is 0 Å². The molecule has 7 nitrogen and oxygen atoms in total. The third-order valence-corrected chi connectivity index (χ3v) is 6.64. The normalized spacial score (nSPS) is 15.9. The van der Waals surface area contributed by atoms with Crippen molar-refractivity contribution in [2.24, 2.45) is 5.73 Å². The van der Waals surface area contributed by atoms with E-state index >= 15 is 0 Å². The van der Waals surface area contributed by atoms with Gasteiger partial charge in [-0.1, -0.05) is 18.2 Å². The van der Waals surface area contributed by atoms with Gasteiger partial charge in [0.25, 0.3) is 5.91 Å². The van der Waals surface area contributed by atoms with Crippen LogP contribution in [0.25, 0.3) is 22.3 Å². The third kappa shape index (κ3) is 6.20. The molecule has 1 saturated heterocycles. The Kier molecular flexibility index (Phi) is 7.25. The molecule has 4 N–H and O–H groups in total. The molecular weight excluding hydrogens is 462 g/mol. The van der Waals surface area contributed by atoms with Crippen molar-refractivity contribution >= 4 is 11.6 Å². The van der Waals surface area contributed by atoms with Crippen molar-refractivity contribution in [1.82, 2.24) is 14.9 Å². The number of nitrogens with one attached hydrogen (secondary N) is 1. The lowest BCUT2D eigenvalue weighted by Crippen LogP contribution is -2.42. The molecule has 4 aromatic rings.